The van der Waals surface area contributed by atoms with Crippen LogP contribution in [0.4, 0.5) is 0 Å². The molecular formula is C10H22N2O3S. The number of morpholine rings is 1. The van der Waals surface area contributed by atoms with Crippen LogP contribution in [0.25, 0.3) is 0 Å². The van der Waals surface area contributed by atoms with Gasteiger partial charge in [0.05, 0.1) is 19.0 Å². The molecule has 1 heterocycles. The van der Waals surface area contributed by atoms with Crippen LogP contribution in [0.5, 0.6) is 0 Å². The second-order valence-electron chi connectivity index (χ2n) is 5.26. The van der Waals surface area contributed by atoms with Gasteiger partial charge in [-0.1, -0.05) is 20.8 Å². The van der Waals surface area contributed by atoms with Crippen molar-refractivity contribution < 1.29 is 13.2 Å². The lowest BCUT2D eigenvalue weighted by Gasteiger charge is -2.31. The molecule has 1 unspecified atom stereocenters. The van der Waals surface area contributed by atoms with E-state index >= 15 is 0 Å². The maximum atomic E-state index is 12.0. The SMILES string of the molecule is CC(C)(C)C(N)CS(=O)(=O)N1CCOCC1. The molecule has 1 fully saturated rings. The van der Waals surface area contributed by atoms with Gasteiger partial charge in [0, 0.05) is 19.1 Å². The van der Waals surface area contributed by atoms with Crippen molar-refractivity contribution in [3.05, 3.63) is 0 Å². The van der Waals surface area contributed by atoms with Crippen LogP contribution < -0.4 is 5.73 Å². The average Bonchev–Trinajstić information content (AvgIpc) is 2.17. The molecule has 0 aliphatic carbocycles. The summed E-state index contributed by atoms with van der Waals surface area (Å²) in [6, 6.07) is -0.347. The van der Waals surface area contributed by atoms with Crippen molar-refractivity contribution in [1.29, 1.82) is 0 Å². The molecular weight excluding hydrogens is 228 g/mol. The molecule has 6 heteroatoms. The zero-order valence-electron chi connectivity index (χ0n) is 10.3. The molecule has 0 aromatic heterocycles. The second kappa shape index (κ2) is 5.00. The quantitative estimate of drug-likeness (QED) is 0.766. The minimum absolute atomic E-state index is 0.0104. The molecule has 16 heavy (non-hydrogen) atoms. The molecule has 0 aromatic rings. The lowest BCUT2D eigenvalue weighted by Crippen LogP contribution is -2.48. The van der Waals surface area contributed by atoms with E-state index in [2.05, 4.69) is 0 Å². The number of rotatable bonds is 3. The van der Waals surface area contributed by atoms with Crippen LogP contribution in [-0.4, -0.2) is 50.8 Å². The predicted molar refractivity (Wildman–Crippen MR) is 63.6 cm³/mol. The second-order valence-corrected chi connectivity index (χ2v) is 7.28. The van der Waals surface area contributed by atoms with E-state index in [-0.39, 0.29) is 17.2 Å². The van der Waals surface area contributed by atoms with E-state index in [1.807, 2.05) is 20.8 Å². The van der Waals surface area contributed by atoms with E-state index in [9.17, 15) is 8.42 Å². The molecule has 1 aliphatic rings. The van der Waals surface area contributed by atoms with E-state index in [4.69, 9.17) is 10.5 Å². The molecule has 1 aliphatic heterocycles. The fraction of sp³-hybridized carbons (Fsp3) is 1.00. The zero-order valence-corrected chi connectivity index (χ0v) is 11.1. The smallest absolute Gasteiger partial charge is 0.215 e. The Balaban J connectivity index is 2.64. The van der Waals surface area contributed by atoms with Gasteiger partial charge in [0.2, 0.25) is 10.0 Å². The van der Waals surface area contributed by atoms with Crippen molar-refractivity contribution in [2.45, 2.75) is 26.8 Å². The lowest BCUT2D eigenvalue weighted by molar-refractivity contribution is 0.0728. The summed E-state index contributed by atoms with van der Waals surface area (Å²) < 4.78 is 30.7. The molecule has 1 saturated heterocycles. The van der Waals surface area contributed by atoms with Gasteiger partial charge >= 0.3 is 0 Å². The van der Waals surface area contributed by atoms with Crippen LogP contribution in [0.3, 0.4) is 0 Å². The summed E-state index contributed by atoms with van der Waals surface area (Å²) in [5.74, 6) is 0.0104. The molecule has 0 saturated carbocycles. The topological polar surface area (TPSA) is 72.6 Å². The van der Waals surface area contributed by atoms with E-state index < -0.39 is 10.0 Å². The third-order valence-electron chi connectivity index (χ3n) is 2.87. The summed E-state index contributed by atoms with van der Waals surface area (Å²) in [5.41, 5.74) is 5.71. The van der Waals surface area contributed by atoms with Gasteiger partial charge in [-0.3, -0.25) is 0 Å². The van der Waals surface area contributed by atoms with Gasteiger partial charge in [0.15, 0.2) is 0 Å². The van der Waals surface area contributed by atoms with Gasteiger partial charge < -0.3 is 10.5 Å². The molecule has 0 spiro atoms. The summed E-state index contributed by atoms with van der Waals surface area (Å²) >= 11 is 0. The summed E-state index contributed by atoms with van der Waals surface area (Å²) in [7, 11) is -3.24. The van der Waals surface area contributed by atoms with Crippen molar-refractivity contribution >= 4 is 10.0 Å². The highest BCUT2D eigenvalue weighted by atomic mass is 32.2. The Morgan fingerprint density at radius 1 is 1.31 bits per heavy atom. The van der Waals surface area contributed by atoms with Crippen LogP contribution in [0.2, 0.25) is 0 Å². The van der Waals surface area contributed by atoms with Crippen LogP contribution in [0.1, 0.15) is 20.8 Å². The van der Waals surface area contributed by atoms with Crippen molar-refractivity contribution in [2.24, 2.45) is 11.1 Å². The van der Waals surface area contributed by atoms with E-state index in [1.54, 1.807) is 0 Å². The Labute approximate surface area is 98.0 Å². The number of hydrogen-bond donors (Lipinski definition) is 1. The third-order valence-corrected chi connectivity index (χ3v) is 4.80. The first kappa shape index (κ1) is 13.9. The van der Waals surface area contributed by atoms with Crippen molar-refractivity contribution in [3.8, 4) is 0 Å². The van der Waals surface area contributed by atoms with Crippen molar-refractivity contribution in [1.82, 2.24) is 4.31 Å². The molecule has 0 amide bonds. The first-order chi connectivity index (χ1) is 7.23. The monoisotopic (exact) mass is 250 g/mol. The number of nitrogens with two attached hydrogens (primary N) is 1. The Morgan fingerprint density at radius 2 is 1.81 bits per heavy atom. The average molecular weight is 250 g/mol. The highest BCUT2D eigenvalue weighted by Crippen LogP contribution is 2.20. The molecule has 1 rings (SSSR count). The fourth-order valence-electron chi connectivity index (χ4n) is 1.41. The highest BCUT2D eigenvalue weighted by molar-refractivity contribution is 7.89. The Bertz CT molecular complexity index is 315. The van der Waals surface area contributed by atoms with E-state index in [0.717, 1.165) is 0 Å². The molecule has 1 atom stereocenters. The first-order valence-corrected chi connectivity index (χ1v) is 7.15. The Hall–Kier alpha value is -0.170. The van der Waals surface area contributed by atoms with Crippen molar-refractivity contribution in [3.63, 3.8) is 0 Å². The normalized spacial score (nSPS) is 22.0. The summed E-state index contributed by atoms with van der Waals surface area (Å²) in [6.45, 7) is 7.69. The lowest BCUT2D eigenvalue weighted by atomic mass is 9.89. The maximum absolute atomic E-state index is 12.0. The third kappa shape index (κ3) is 3.69. The Morgan fingerprint density at radius 3 is 2.25 bits per heavy atom. The zero-order chi connectivity index (χ0) is 12.4. The minimum Gasteiger partial charge on any atom is -0.379 e. The highest BCUT2D eigenvalue weighted by Gasteiger charge is 2.31. The first-order valence-electron chi connectivity index (χ1n) is 5.54. The predicted octanol–water partition coefficient (Wildman–Crippen LogP) is 0.0218. The molecule has 0 radical (unpaired) electrons. The molecule has 0 bridgehead atoms. The summed E-state index contributed by atoms with van der Waals surface area (Å²) in [5, 5.41) is 0. The van der Waals surface area contributed by atoms with Crippen LogP contribution >= 0.6 is 0 Å². The van der Waals surface area contributed by atoms with Gasteiger partial charge in [-0.05, 0) is 5.41 Å². The van der Waals surface area contributed by atoms with Gasteiger partial charge in [-0.25, -0.2) is 8.42 Å². The van der Waals surface area contributed by atoms with Gasteiger partial charge in [-0.15, -0.1) is 0 Å². The molecule has 0 aromatic carbocycles. The largest absolute Gasteiger partial charge is 0.379 e. The molecule has 2 N–H and O–H groups in total. The standard InChI is InChI=1S/C10H22N2O3S/c1-10(2,3)9(11)8-16(13,14)12-4-6-15-7-5-12/h9H,4-8,11H2,1-3H3. The number of hydrogen-bond acceptors (Lipinski definition) is 4. The summed E-state index contributed by atoms with van der Waals surface area (Å²) in [6.07, 6.45) is 0. The van der Waals surface area contributed by atoms with Gasteiger partial charge in [-0.2, -0.15) is 4.31 Å². The maximum Gasteiger partial charge on any atom is 0.215 e. The number of ether oxygens (including phenoxy) is 1. The molecule has 96 valence electrons. The van der Waals surface area contributed by atoms with E-state index in [1.165, 1.54) is 4.31 Å². The van der Waals surface area contributed by atoms with E-state index in [0.29, 0.717) is 26.3 Å². The Kier molecular flexibility index (Phi) is 4.34. The fourth-order valence-corrected chi connectivity index (χ4v) is 3.28. The van der Waals surface area contributed by atoms with Crippen molar-refractivity contribution in [2.75, 3.05) is 32.1 Å². The van der Waals surface area contributed by atoms with Gasteiger partial charge in [0.1, 0.15) is 0 Å². The minimum atomic E-state index is -3.24. The summed E-state index contributed by atoms with van der Waals surface area (Å²) in [4.78, 5) is 0. The van der Waals surface area contributed by atoms with Gasteiger partial charge in [0.25, 0.3) is 0 Å². The molecule has 5 nitrogen and oxygen atoms in total. The van der Waals surface area contributed by atoms with Crippen LogP contribution in [0, 0.1) is 5.41 Å². The van der Waals surface area contributed by atoms with Crippen LogP contribution in [-0.2, 0) is 14.8 Å². The number of sulfonamides is 1. The van der Waals surface area contributed by atoms with Crippen LogP contribution in [0.15, 0.2) is 0 Å². The number of nitrogens with zero attached hydrogens (tertiary/aromatic N) is 1.